The predicted molar refractivity (Wildman–Crippen MR) is 126 cm³/mol. The molecule has 0 saturated heterocycles. The van der Waals surface area contributed by atoms with Crippen LogP contribution in [0.1, 0.15) is 30.3 Å². The van der Waals surface area contributed by atoms with Gasteiger partial charge in [0.05, 0.1) is 18.1 Å². The Morgan fingerprint density at radius 1 is 1.27 bits per heavy atom. The van der Waals surface area contributed by atoms with Crippen LogP contribution in [0, 0.1) is 4.77 Å². The van der Waals surface area contributed by atoms with Gasteiger partial charge in [0.2, 0.25) is 4.77 Å². The average Bonchev–Trinajstić information content (AvgIpc) is 3.06. The third-order valence-electron chi connectivity index (χ3n) is 4.33. The smallest absolute Gasteiger partial charge is 0.214 e. The van der Waals surface area contributed by atoms with Crippen molar-refractivity contribution in [3.63, 3.8) is 0 Å². The van der Waals surface area contributed by atoms with Gasteiger partial charge in [-0.05, 0) is 64.4 Å². The van der Waals surface area contributed by atoms with Crippen molar-refractivity contribution in [2.75, 3.05) is 12.5 Å². The SMILES string of the molecule is CCCc1n[nH]c(=S)n1NCc1cc(Br)c(OCc2ccc(Cl)cc2Cl)c(OC)c1. The van der Waals surface area contributed by atoms with Crippen LogP contribution in [-0.4, -0.2) is 22.0 Å². The second-order valence-corrected chi connectivity index (χ2v) is 8.58. The number of halogens is 3. The van der Waals surface area contributed by atoms with Crippen LogP contribution in [0.2, 0.25) is 10.0 Å². The van der Waals surface area contributed by atoms with Crippen LogP contribution in [0.15, 0.2) is 34.8 Å². The fraction of sp³-hybridized carbons (Fsp3) is 0.300. The number of benzene rings is 2. The molecule has 0 aliphatic heterocycles. The molecule has 2 aromatic carbocycles. The van der Waals surface area contributed by atoms with Crippen LogP contribution in [0.4, 0.5) is 0 Å². The molecule has 6 nitrogen and oxygen atoms in total. The minimum atomic E-state index is 0.285. The topological polar surface area (TPSA) is 64.1 Å². The first-order valence-corrected chi connectivity index (χ1v) is 11.2. The second kappa shape index (κ2) is 10.5. The zero-order valence-electron chi connectivity index (χ0n) is 16.5. The van der Waals surface area contributed by atoms with E-state index in [1.165, 1.54) is 0 Å². The van der Waals surface area contributed by atoms with Crippen LogP contribution in [-0.2, 0) is 19.6 Å². The summed E-state index contributed by atoms with van der Waals surface area (Å²) >= 11 is 21.1. The molecule has 30 heavy (non-hydrogen) atoms. The van der Waals surface area contributed by atoms with Crippen LogP contribution in [0.3, 0.4) is 0 Å². The molecule has 0 fully saturated rings. The zero-order valence-corrected chi connectivity index (χ0v) is 20.4. The third kappa shape index (κ3) is 5.49. The number of H-pyrrole nitrogens is 1. The van der Waals surface area contributed by atoms with E-state index >= 15 is 0 Å². The highest BCUT2D eigenvalue weighted by molar-refractivity contribution is 9.10. The average molecular weight is 532 g/mol. The summed E-state index contributed by atoms with van der Waals surface area (Å²) in [6.07, 6.45) is 1.80. The Hall–Kier alpha value is -1.74. The molecular weight excluding hydrogens is 511 g/mol. The molecule has 160 valence electrons. The summed E-state index contributed by atoms with van der Waals surface area (Å²) in [4.78, 5) is 0. The number of aryl methyl sites for hydroxylation is 1. The maximum Gasteiger partial charge on any atom is 0.214 e. The number of nitrogens with one attached hydrogen (secondary N) is 2. The molecule has 0 aliphatic rings. The van der Waals surface area contributed by atoms with Crippen LogP contribution < -0.4 is 14.9 Å². The van der Waals surface area contributed by atoms with Crippen molar-refractivity contribution in [2.24, 2.45) is 0 Å². The lowest BCUT2D eigenvalue weighted by Gasteiger charge is -2.16. The van der Waals surface area contributed by atoms with E-state index in [0.717, 1.165) is 34.3 Å². The summed E-state index contributed by atoms with van der Waals surface area (Å²) in [5, 5.41) is 8.22. The molecule has 0 aliphatic carbocycles. The maximum absolute atomic E-state index is 6.24. The highest BCUT2D eigenvalue weighted by Crippen LogP contribution is 2.37. The molecular formula is C20H21BrCl2N4O2S. The van der Waals surface area contributed by atoms with E-state index in [4.69, 9.17) is 44.9 Å². The van der Waals surface area contributed by atoms with Gasteiger partial charge >= 0.3 is 0 Å². The van der Waals surface area contributed by atoms with E-state index in [1.54, 1.807) is 23.9 Å². The normalized spacial score (nSPS) is 10.8. The molecule has 0 amide bonds. The monoisotopic (exact) mass is 530 g/mol. The zero-order chi connectivity index (χ0) is 21.7. The summed E-state index contributed by atoms with van der Waals surface area (Å²) in [6.45, 7) is 2.91. The molecule has 1 heterocycles. The van der Waals surface area contributed by atoms with Gasteiger partial charge in [0.1, 0.15) is 6.61 Å². The lowest BCUT2D eigenvalue weighted by Crippen LogP contribution is -2.17. The maximum atomic E-state index is 6.24. The van der Waals surface area contributed by atoms with Gasteiger partial charge in [0.15, 0.2) is 17.3 Å². The number of rotatable bonds is 9. The van der Waals surface area contributed by atoms with Crippen molar-refractivity contribution < 1.29 is 9.47 Å². The van der Waals surface area contributed by atoms with E-state index < -0.39 is 0 Å². The second-order valence-electron chi connectivity index (χ2n) is 6.50. The number of hydrogen-bond acceptors (Lipinski definition) is 5. The first-order chi connectivity index (χ1) is 14.4. The van der Waals surface area contributed by atoms with Crippen LogP contribution >= 0.6 is 51.3 Å². The summed E-state index contributed by atoms with van der Waals surface area (Å²) in [5.41, 5.74) is 5.12. The number of nitrogens with zero attached hydrogens (tertiary/aromatic N) is 2. The first-order valence-electron chi connectivity index (χ1n) is 9.26. The van der Waals surface area contributed by atoms with Gasteiger partial charge in [-0.3, -0.25) is 5.10 Å². The number of ether oxygens (including phenoxy) is 2. The molecule has 3 aromatic rings. The van der Waals surface area contributed by atoms with Gasteiger partial charge in [0, 0.05) is 22.0 Å². The fourth-order valence-corrected chi connectivity index (χ4v) is 4.14. The molecule has 0 saturated carbocycles. The highest BCUT2D eigenvalue weighted by Gasteiger charge is 2.14. The summed E-state index contributed by atoms with van der Waals surface area (Å²) < 4.78 is 14.6. The molecule has 1 aromatic heterocycles. The predicted octanol–water partition coefficient (Wildman–Crippen LogP) is 6.29. The fourth-order valence-electron chi connectivity index (χ4n) is 2.86. The molecule has 0 unspecified atom stereocenters. The quantitative estimate of drug-likeness (QED) is 0.317. The van der Waals surface area contributed by atoms with Crippen molar-refractivity contribution in [3.05, 3.63) is 66.6 Å². The number of methoxy groups -OCH3 is 1. The standard InChI is InChI=1S/C20H21BrCl2N4O2S/c1-3-4-18-25-26-20(30)27(18)24-10-12-7-15(21)19(17(8-12)28-2)29-11-13-5-6-14(22)9-16(13)23/h5-9,24H,3-4,10-11H2,1-2H3,(H,26,30). The Balaban J connectivity index is 1.75. The van der Waals surface area contributed by atoms with Crippen LogP contribution in [0.25, 0.3) is 0 Å². The van der Waals surface area contributed by atoms with E-state index in [-0.39, 0.29) is 6.61 Å². The van der Waals surface area contributed by atoms with Crippen molar-refractivity contribution in [1.82, 2.24) is 14.9 Å². The molecule has 0 bridgehead atoms. The van der Waals surface area contributed by atoms with Crippen molar-refractivity contribution in [2.45, 2.75) is 32.9 Å². The van der Waals surface area contributed by atoms with E-state index in [2.05, 4.69) is 38.5 Å². The Morgan fingerprint density at radius 3 is 2.77 bits per heavy atom. The molecule has 3 rings (SSSR count). The van der Waals surface area contributed by atoms with Crippen molar-refractivity contribution in [3.8, 4) is 11.5 Å². The molecule has 0 radical (unpaired) electrons. The Labute approximate surface area is 198 Å². The van der Waals surface area contributed by atoms with Crippen molar-refractivity contribution >= 4 is 51.3 Å². The van der Waals surface area contributed by atoms with Gasteiger partial charge < -0.3 is 14.9 Å². The lowest BCUT2D eigenvalue weighted by molar-refractivity contribution is 0.282. The molecule has 2 N–H and O–H groups in total. The van der Waals surface area contributed by atoms with E-state index in [9.17, 15) is 0 Å². The largest absolute Gasteiger partial charge is 0.493 e. The van der Waals surface area contributed by atoms with Gasteiger partial charge in [-0.1, -0.05) is 36.2 Å². The first kappa shape index (κ1) is 22.9. The number of hydrogen-bond donors (Lipinski definition) is 2. The highest BCUT2D eigenvalue weighted by atomic mass is 79.9. The number of aromatic amines is 1. The Morgan fingerprint density at radius 2 is 2.07 bits per heavy atom. The van der Waals surface area contributed by atoms with Gasteiger partial charge in [-0.25, -0.2) is 4.68 Å². The van der Waals surface area contributed by atoms with Gasteiger partial charge in [-0.15, -0.1) is 0 Å². The Bertz CT molecular complexity index is 1090. The molecule has 0 atom stereocenters. The van der Waals surface area contributed by atoms with Crippen molar-refractivity contribution in [1.29, 1.82) is 0 Å². The summed E-state index contributed by atoms with van der Waals surface area (Å²) in [7, 11) is 1.60. The molecule has 0 spiro atoms. The minimum absolute atomic E-state index is 0.285. The van der Waals surface area contributed by atoms with Gasteiger partial charge in [0.25, 0.3) is 0 Å². The summed E-state index contributed by atoms with van der Waals surface area (Å²) in [5.74, 6) is 2.07. The molecule has 10 heteroatoms. The minimum Gasteiger partial charge on any atom is -0.493 e. The van der Waals surface area contributed by atoms with Gasteiger partial charge in [-0.2, -0.15) is 5.10 Å². The lowest BCUT2D eigenvalue weighted by atomic mass is 10.2. The number of aromatic nitrogens is 3. The van der Waals surface area contributed by atoms with E-state index in [1.807, 2.05) is 18.2 Å². The van der Waals surface area contributed by atoms with Crippen LogP contribution in [0.5, 0.6) is 11.5 Å². The third-order valence-corrected chi connectivity index (χ3v) is 5.78. The Kier molecular flexibility index (Phi) is 8.05. The summed E-state index contributed by atoms with van der Waals surface area (Å²) in [6, 6.07) is 9.19. The van der Waals surface area contributed by atoms with E-state index in [0.29, 0.717) is 32.9 Å².